The number of hydrogen-bond acceptors (Lipinski definition) is 4. The third-order valence-electron chi connectivity index (χ3n) is 11.5. The van der Waals surface area contributed by atoms with E-state index < -0.39 is 0 Å². The lowest BCUT2D eigenvalue weighted by molar-refractivity contribution is 0.283. The van der Waals surface area contributed by atoms with Crippen LogP contribution < -0.4 is 0 Å². The second-order valence-corrected chi connectivity index (χ2v) is 19.4. The van der Waals surface area contributed by atoms with Crippen LogP contribution >= 0.6 is 47.0 Å². The van der Waals surface area contributed by atoms with Crippen LogP contribution in [0.1, 0.15) is 93.4 Å². The first-order chi connectivity index (χ1) is 21.7. The fraction of sp³-hybridized carbons (Fsp3) is 0.366. The van der Waals surface area contributed by atoms with E-state index in [0.29, 0.717) is 35.5 Å². The molecule has 4 aliphatic carbocycles. The highest BCUT2D eigenvalue weighted by Crippen LogP contribution is 2.63. The van der Waals surface area contributed by atoms with E-state index in [4.69, 9.17) is 0 Å². The summed E-state index contributed by atoms with van der Waals surface area (Å²) in [5, 5.41) is 5.58. The minimum atomic E-state index is 0.454. The Hall–Kier alpha value is -1.98. The van der Waals surface area contributed by atoms with Crippen LogP contribution in [0.15, 0.2) is 101 Å². The topological polar surface area (TPSA) is 0 Å². The van der Waals surface area contributed by atoms with Gasteiger partial charge in [-0.15, -0.1) is 6.58 Å². The molecule has 0 fully saturated rings. The maximum absolute atomic E-state index is 4.25. The maximum Gasteiger partial charge on any atom is 0.0706 e. The van der Waals surface area contributed by atoms with Gasteiger partial charge in [0.25, 0.3) is 0 Å². The van der Waals surface area contributed by atoms with E-state index >= 15 is 0 Å². The second kappa shape index (κ2) is 10.8. The van der Waals surface area contributed by atoms with E-state index in [-0.39, 0.29) is 0 Å². The van der Waals surface area contributed by atoms with Gasteiger partial charge in [0, 0.05) is 37.3 Å². The summed E-state index contributed by atoms with van der Waals surface area (Å²) < 4.78 is 2.89. The first-order valence-corrected chi connectivity index (χ1v) is 20.0. The number of rotatable bonds is 3. The summed E-state index contributed by atoms with van der Waals surface area (Å²) in [5.74, 6) is 5.09. The third-order valence-corrected chi connectivity index (χ3v) is 17.1. The molecule has 0 saturated carbocycles. The van der Waals surface area contributed by atoms with Crippen molar-refractivity contribution in [2.24, 2.45) is 23.7 Å². The van der Waals surface area contributed by atoms with Crippen molar-refractivity contribution in [3.05, 3.63) is 104 Å². The molecule has 0 amide bonds. The zero-order chi connectivity index (χ0) is 30.7. The van der Waals surface area contributed by atoms with Gasteiger partial charge >= 0.3 is 0 Å². The molecular weight excluding hydrogens is 621 g/mol. The van der Waals surface area contributed by atoms with Crippen molar-refractivity contribution in [2.45, 2.75) is 90.7 Å². The van der Waals surface area contributed by atoms with Crippen molar-refractivity contribution in [3.63, 3.8) is 0 Å². The van der Waals surface area contributed by atoms with E-state index in [1.165, 1.54) is 68.0 Å². The van der Waals surface area contributed by atoms with Gasteiger partial charge in [-0.2, -0.15) is 0 Å². The van der Waals surface area contributed by atoms with Crippen molar-refractivity contribution >= 4 is 68.6 Å². The second-order valence-electron chi connectivity index (χ2n) is 14.7. The van der Waals surface area contributed by atoms with E-state index in [1.807, 2.05) is 47.0 Å². The number of thioether (sulfide) groups is 4. The number of benzene rings is 4. The first-order valence-electron chi connectivity index (χ1n) is 16.8. The van der Waals surface area contributed by atoms with Crippen LogP contribution in [0.3, 0.4) is 0 Å². The molecule has 4 heteroatoms. The molecule has 0 radical (unpaired) electrons. The Balaban J connectivity index is 1.04. The largest absolute Gasteiger partial charge is 0.102 e. The molecule has 2 heterocycles. The van der Waals surface area contributed by atoms with Gasteiger partial charge in [0.15, 0.2) is 0 Å². The lowest BCUT2D eigenvalue weighted by atomic mass is 9.62. The normalized spacial score (nSPS) is 29.5. The zero-order valence-electron chi connectivity index (χ0n) is 26.7. The van der Waals surface area contributed by atoms with Crippen molar-refractivity contribution in [2.75, 3.05) is 0 Å². The SMILES string of the molecule is C=CC1CC(C(C)C)C(C)c2cc3cc4c(cc3cc21)S/C(=C1/Sc2cc3cc5c(cc3cc2S1)C1C=CC5CC1C(C)C)S4. The zero-order valence-corrected chi connectivity index (χ0v) is 30.0. The third kappa shape index (κ3) is 4.60. The van der Waals surface area contributed by atoms with Gasteiger partial charge < -0.3 is 0 Å². The Morgan fingerprint density at radius 2 is 1.09 bits per heavy atom. The standard InChI is InChI=1S/C41H40S4/c1-7-23-10-30(20(2)3)22(6)32-12-25-16-36-37(17-26(25)13-33(23)32)43-40(42-36)41-44-38-18-27-14-34-24-8-9-29(31(11-24)21(4)5)35(34)15-28(27)19-39(38)45-41/h7-9,12-24,29-31H,1,10-11H2,2-6H3/b41-40-. The number of fused-ring (bicyclic) bond motifs is 6. The van der Waals surface area contributed by atoms with E-state index in [2.05, 4.69) is 108 Å². The molecule has 2 bridgehead atoms. The molecule has 0 spiro atoms. The van der Waals surface area contributed by atoms with Crippen LogP contribution in [0.2, 0.25) is 0 Å². The molecule has 2 aliphatic heterocycles. The van der Waals surface area contributed by atoms with Gasteiger partial charge in [-0.25, -0.2) is 0 Å². The van der Waals surface area contributed by atoms with Gasteiger partial charge in [0.1, 0.15) is 0 Å². The molecule has 45 heavy (non-hydrogen) atoms. The van der Waals surface area contributed by atoms with Gasteiger partial charge in [-0.05, 0) is 110 Å². The summed E-state index contributed by atoms with van der Waals surface area (Å²) in [5.41, 5.74) is 6.22. The predicted molar refractivity (Wildman–Crippen MR) is 200 cm³/mol. The van der Waals surface area contributed by atoms with Gasteiger partial charge in [-0.3, -0.25) is 0 Å². The lowest BCUT2D eigenvalue weighted by Crippen LogP contribution is -2.29. The van der Waals surface area contributed by atoms with Crippen LogP contribution in [0.25, 0.3) is 21.5 Å². The van der Waals surface area contributed by atoms with Crippen molar-refractivity contribution in [1.82, 2.24) is 0 Å². The molecule has 0 N–H and O–H groups in total. The summed E-state index contributed by atoms with van der Waals surface area (Å²) in [4.78, 5) is 5.67. The molecule has 6 atom stereocenters. The maximum atomic E-state index is 4.25. The minimum absolute atomic E-state index is 0.454. The predicted octanol–water partition coefficient (Wildman–Crippen LogP) is 13.7. The molecular formula is C41H40S4. The Kier molecular flexibility index (Phi) is 6.98. The fourth-order valence-electron chi connectivity index (χ4n) is 9.03. The van der Waals surface area contributed by atoms with Gasteiger partial charge in [0.05, 0.1) is 8.47 Å². The molecule has 6 aliphatic rings. The molecule has 228 valence electrons. The quantitative estimate of drug-likeness (QED) is 0.200. The van der Waals surface area contributed by atoms with Crippen LogP contribution in [-0.4, -0.2) is 0 Å². The van der Waals surface area contributed by atoms with Crippen LogP contribution in [0, 0.1) is 23.7 Å². The van der Waals surface area contributed by atoms with Crippen molar-refractivity contribution in [3.8, 4) is 0 Å². The van der Waals surface area contributed by atoms with E-state index in [1.54, 1.807) is 16.7 Å². The van der Waals surface area contributed by atoms with E-state index in [0.717, 1.165) is 11.8 Å². The Labute approximate surface area is 285 Å². The van der Waals surface area contributed by atoms with Crippen LogP contribution in [0.5, 0.6) is 0 Å². The summed E-state index contributed by atoms with van der Waals surface area (Å²) in [6.45, 7) is 16.3. The first kappa shape index (κ1) is 29.2. The molecule has 6 unspecified atom stereocenters. The van der Waals surface area contributed by atoms with Crippen LogP contribution in [0.4, 0.5) is 0 Å². The summed E-state index contributed by atoms with van der Waals surface area (Å²) in [7, 11) is 0. The molecule has 0 nitrogen and oxygen atoms in total. The lowest BCUT2D eigenvalue weighted by Gasteiger charge is -2.42. The Morgan fingerprint density at radius 3 is 1.60 bits per heavy atom. The smallest absolute Gasteiger partial charge is 0.0706 e. The fourth-order valence-corrected chi connectivity index (χ4v) is 14.5. The summed E-state index contributed by atoms with van der Waals surface area (Å²) >= 11 is 7.92. The summed E-state index contributed by atoms with van der Waals surface area (Å²) in [6.07, 6.45) is 9.72. The summed E-state index contributed by atoms with van der Waals surface area (Å²) in [6, 6.07) is 19.9. The van der Waals surface area contributed by atoms with Gasteiger partial charge in [-0.1, -0.05) is 124 Å². The average Bonchev–Trinajstić information content (AvgIpc) is 3.64. The highest BCUT2D eigenvalue weighted by Gasteiger charge is 2.38. The monoisotopic (exact) mass is 660 g/mol. The highest BCUT2D eigenvalue weighted by atomic mass is 32.2. The molecule has 0 aromatic heterocycles. The average molecular weight is 661 g/mol. The molecule has 4 aromatic rings. The Bertz CT molecular complexity index is 1990. The van der Waals surface area contributed by atoms with Crippen LogP contribution in [-0.2, 0) is 0 Å². The Morgan fingerprint density at radius 1 is 0.600 bits per heavy atom. The minimum Gasteiger partial charge on any atom is -0.102 e. The highest BCUT2D eigenvalue weighted by molar-refractivity contribution is 8.30. The van der Waals surface area contributed by atoms with Crippen molar-refractivity contribution < 1.29 is 0 Å². The van der Waals surface area contributed by atoms with E-state index in [9.17, 15) is 0 Å². The number of allylic oxidation sites excluding steroid dienone is 3. The van der Waals surface area contributed by atoms with Gasteiger partial charge in [0.2, 0.25) is 0 Å². The molecule has 10 rings (SSSR count). The van der Waals surface area contributed by atoms with Crippen molar-refractivity contribution in [1.29, 1.82) is 0 Å². The molecule has 4 aromatic carbocycles. The number of hydrogen-bond donors (Lipinski definition) is 0. The molecule has 0 saturated heterocycles.